The summed E-state index contributed by atoms with van der Waals surface area (Å²) in [6.45, 7) is 8.44. The first-order valence-electron chi connectivity index (χ1n) is 7.58. The predicted octanol–water partition coefficient (Wildman–Crippen LogP) is 2.28. The molecule has 20 heavy (non-hydrogen) atoms. The molecule has 1 heterocycles. The van der Waals surface area contributed by atoms with Crippen LogP contribution in [0, 0.1) is 11.8 Å². The molecule has 0 aromatic carbocycles. The van der Waals surface area contributed by atoms with E-state index in [0.717, 1.165) is 19.3 Å². The van der Waals surface area contributed by atoms with Gasteiger partial charge in [0.2, 0.25) is 0 Å². The van der Waals surface area contributed by atoms with Crippen molar-refractivity contribution in [3.63, 3.8) is 0 Å². The Morgan fingerprint density at radius 2 is 1.75 bits per heavy atom. The summed E-state index contributed by atoms with van der Waals surface area (Å²) in [6.07, 6.45) is 3.22. The molecule has 6 heteroatoms. The highest BCUT2D eigenvalue weighted by molar-refractivity contribution is 7.91. The highest BCUT2D eigenvalue weighted by Crippen LogP contribution is 2.31. The molecule has 0 bridgehead atoms. The molecule has 2 aliphatic rings. The molecule has 2 atom stereocenters. The molecule has 1 fully saturated rings. The second-order valence-electron chi connectivity index (χ2n) is 6.55. The van der Waals surface area contributed by atoms with Crippen LogP contribution in [-0.2, 0) is 14.8 Å². The third-order valence-electron chi connectivity index (χ3n) is 4.22. The van der Waals surface area contributed by atoms with Gasteiger partial charge in [-0.3, -0.25) is 0 Å². The highest BCUT2D eigenvalue weighted by atomic mass is 32.2. The summed E-state index contributed by atoms with van der Waals surface area (Å²) in [5.41, 5.74) is 0. The van der Waals surface area contributed by atoms with E-state index < -0.39 is 15.3 Å². The van der Waals surface area contributed by atoms with Crippen molar-refractivity contribution in [3.8, 4) is 0 Å². The van der Waals surface area contributed by atoms with E-state index in [-0.39, 0.29) is 18.2 Å². The lowest BCUT2D eigenvalue weighted by molar-refractivity contribution is 0.128. The number of amidine groups is 1. The van der Waals surface area contributed by atoms with Crippen molar-refractivity contribution in [2.24, 2.45) is 16.2 Å². The van der Waals surface area contributed by atoms with Gasteiger partial charge in [-0.25, -0.2) is 8.42 Å². The molecule has 0 saturated heterocycles. The number of hydrogen-bond donors (Lipinski definition) is 1. The average Bonchev–Trinajstić information content (AvgIpc) is 2.34. The first-order chi connectivity index (χ1) is 9.31. The normalized spacial score (nSPS) is 29.1. The molecule has 5 nitrogen and oxygen atoms in total. The van der Waals surface area contributed by atoms with Gasteiger partial charge in [0, 0.05) is 6.04 Å². The van der Waals surface area contributed by atoms with Crippen LogP contribution < -0.4 is 5.32 Å². The Balaban J connectivity index is 2.18. The fourth-order valence-electron chi connectivity index (χ4n) is 3.19. The lowest BCUT2D eigenvalue weighted by atomic mass is 9.93. The summed E-state index contributed by atoms with van der Waals surface area (Å²) >= 11 is 0. The van der Waals surface area contributed by atoms with E-state index >= 15 is 0 Å². The van der Waals surface area contributed by atoms with Crippen LogP contribution in [0.2, 0.25) is 0 Å². The maximum Gasteiger partial charge on any atom is 0.301 e. The Kier molecular flexibility index (Phi) is 4.62. The van der Waals surface area contributed by atoms with Gasteiger partial charge in [-0.1, -0.05) is 34.1 Å². The molecule has 1 aliphatic heterocycles. The van der Waals surface area contributed by atoms with E-state index in [2.05, 4.69) is 37.4 Å². The third-order valence-corrected chi connectivity index (χ3v) is 5.95. The highest BCUT2D eigenvalue weighted by Gasteiger charge is 2.42. The molecule has 116 valence electrons. The third kappa shape index (κ3) is 3.27. The summed E-state index contributed by atoms with van der Waals surface area (Å²) < 4.78 is 34.2. The molecule has 0 aromatic rings. The van der Waals surface area contributed by atoms with Crippen LogP contribution in [0.5, 0.6) is 0 Å². The summed E-state index contributed by atoms with van der Waals surface area (Å²) in [4.78, 5) is 0. The lowest BCUT2D eigenvalue weighted by Crippen LogP contribution is -2.51. The molecule has 0 amide bonds. The minimum atomic E-state index is -3.43. The van der Waals surface area contributed by atoms with Gasteiger partial charge in [-0.05, 0) is 31.1 Å². The van der Waals surface area contributed by atoms with Gasteiger partial charge in [-0.15, -0.1) is 4.40 Å². The van der Waals surface area contributed by atoms with Crippen molar-refractivity contribution < 1.29 is 13.2 Å². The smallest absolute Gasteiger partial charge is 0.301 e. The maximum atomic E-state index is 12.2. The van der Waals surface area contributed by atoms with Crippen LogP contribution in [-0.4, -0.2) is 31.8 Å². The topological polar surface area (TPSA) is 67.8 Å². The van der Waals surface area contributed by atoms with Crippen molar-refractivity contribution in [1.29, 1.82) is 0 Å². The monoisotopic (exact) mass is 302 g/mol. The standard InChI is InChI=1S/C14H26N2O3S/c1-9(2)13(10(3)4)15-14-16-20(17,18)12-8-6-5-7-11(12)19-14/h9-13H,5-8H2,1-4H3,(H,15,16). The van der Waals surface area contributed by atoms with Crippen LogP contribution in [0.15, 0.2) is 4.40 Å². The van der Waals surface area contributed by atoms with Gasteiger partial charge < -0.3 is 10.1 Å². The second kappa shape index (κ2) is 5.92. The molecule has 2 rings (SSSR count). The Morgan fingerprint density at radius 1 is 1.15 bits per heavy atom. The van der Waals surface area contributed by atoms with Gasteiger partial charge in [0.05, 0.1) is 0 Å². The number of hydrogen-bond acceptors (Lipinski definition) is 4. The number of ether oxygens (including phenoxy) is 1. The van der Waals surface area contributed by atoms with E-state index in [4.69, 9.17) is 4.74 Å². The van der Waals surface area contributed by atoms with Crippen LogP contribution in [0.1, 0.15) is 53.4 Å². The van der Waals surface area contributed by atoms with Crippen LogP contribution >= 0.6 is 0 Å². The number of nitrogens with one attached hydrogen (secondary N) is 1. The summed E-state index contributed by atoms with van der Waals surface area (Å²) in [5, 5.41) is 2.75. The first-order valence-corrected chi connectivity index (χ1v) is 9.08. The van der Waals surface area contributed by atoms with Crippen molar-refractivity contribution in [2.45, 2.75) is 70.8 Å². The summed E-state index contributed by atoms with van der Waals surface area (Å²) in [6, 6.07) is 0.352. The van der Waals surface area contributed by atoms with E-state index in [0.29, 0.717) is 18.3 Å². The Hall–Kier alpha value is -0.780. The van der Waals surface area contributed by atoms with E-state index in [1.54, 1.807) is 0 Å². The van der Waals surface area contributed by atoms with Crippen LogP contribution in [0.4, 0.5) is 0 Å². The first kappa shape index (κ1) is 15.6. The zero-order chi connectivity index (χ0) is 14.9. The van der Waals surface area contributed by atoms with Gasteiger partial charge in [-0.2, -0.15) is 0 Å². The molecule has 1 N–H and O–H groups in total. The number of nitrogens with zero attached hydrogens (tertiary/aromatic N) is 1. The molecule has 0 spiro atoms. The maximum absolute atomic E-state index is 12.2. The SMILES string of the molecule is CC(C)C(NC1=NS(=O)(=O)C2CCCCC2O1)C(C)C. The van der Waals surface area contributed by atoms with E-state index in [9.17, 15) is 8.42 Å². The minimum Gasteiger partial charge on any atom is -0.460 e. The van der Waals surface area contributed by atoms with Crippen LogP contribution in [0.3, 0.4) is 0 Å². The predicted molar refractivity (Wildman–Crippen MR) is 80.1 cm³/mol. The fraction of sp³-hybridized carbons (Fsp3) is 0.929. The Bertz CT molecular complexity index is 463. The lowest BCUT2D eigenvalue weighted by Gasteiger charge is -2.36. The molecular weight excluding hydrogens is 276 g/mol. The van der Waals surface area contributed by atoms with E-state index in [1.807, 2.05) is 0 Å². The molecule has 0 radical (unpaired) electrons. The average molecular weight is 302 g/mol. The quantitative estimate of drug-likeness (QED) is 0.868. The van der Waals surface area contributed by atoms with Crippen molar-refractivity contribution in [2.75, 3.05) is 0 Å². The molecule has 1 aliphatic carbocycles. The number of sulfonamides is 1. The summed E-state index contributed by atoms with van der Waals surface area (Å²) in [5.74, 6) is 0.765. The Labute approximate surface area is 122 Å². The van der Waals surface area contributed by atoms with Gasteiger partial charge in [0.25, 0.3) is 10.0 Å². The molecule has 1 saturated carbocycles. The van der Waals surface area contributed by atoms with Gasteiger partial charge >= 0.3 is 6.02 Å². The second-order valence-corrected chi connectivity index (χ2v) is 8.37. The molecule has 0 aromatic heterocycles. The summed E-state index contributed by atoms with van der Waals surface area (Å²) in [7, 11) is -3.43. The van der Waals surface area contributed by atoms with Crippen LogP contribution in [0.25, 0.3) is 0 Å². The van der Waals surface area contributed by atoms with E-state index in [1.165, 1.54) is 0 Å². The van der Waals surface area contributed by atoms with Gasteiger partial charge in [0.15, 0.2) is 0 Å². The number of fused-ring (bicyclic) bond motifs is 1. The van der Waals surface area contributed by atoms with Crippen molar-refractivity contribution in [3.05, 3.63) is 0 Å². The number of rotatable bonds is 3. The van der Waals surface area contributed by atoms with Crippen molar-refractivity contribution >= 4 is 16.0 Å². The zero-order valence-electron chi connectivity index (χ0n) is 12.8. The fourth-order valence-corrected chi connectivity index (χ4v) is 4.69. The zero-order valence-corrected chi connectivity index (χ0v) is 13.6. The largest absolute Gasteiger partial charge is 0.460 e. The molecule has 2 unspecified atom stereocenters. The van der Waals surface area contributed by atoms with Gasteiger partial charge in [0.1, 0.15) is 11.4 Å². The molecular formula is C14H26N2O3S. The Morgan fingerprint density at radius 3 is 2.35 bits per heavy atom. The minimum absolute atomic E-state index is 0.157. The van der Waals surface area contributed by atoms with Crippen molar-refractivity contribution in [1.82, 2.24) is 5.32 Å².